The normalized spacial score (nSPS) is 4.85. The maximum atomic E-state index is 5.75. The van der Waals surface area contributed by atoms with Gasteiger partial charge in [0.25, 0.3) is 0 Å². The average molecular weight is 179 g/mol. The Morgan fingerprint density at radius 1 is 0.692 bits per heavy atom. The molecule has 0 saturated heterocycles. The maximum absolute atomic E-state index is 5.75. The van der Waals surface area contributed by atoms with Crippen LogP contribution in [0.25, 0.3) is 0 Å². The molecule has 0 amide bonds. The molecule has 0 aromatic carbocycles. The second kappa shape index (κ2) is 146. The largest absolute Gasteiger partial charge is 0.0999 e. The Hall–Kier alpha value is 0.260. The van der Waals surface area contributed by atoms with Gasteiger partial charge >= 0.3 is 0 Å². The van der Waals surface area contributed by atoms with Crippen molar-refractivity contribution >= 4 is 31.4 Å². The van der Waals surface area contributed by atoms with Gasteiger partial charge in [-0.05, 0) is 5.92 Å². The Bertz CT molecular complexity index is 21.5. The van der Waals surface area contributed by atoms with Crippen LogP contribution < -0.4 is 0 Å². The molecule has 0 spiro atoms. The summed E-state index contributed by atoms with van der Waals surface area (Å²) in [6, 6.07) is 0. The summed E-state index contributed by atoms with van der Waals surface area (Å²) in [6.07, 6.45) is 0. The zero-order valence-corrected chi connectivity index (χ0v) is 10.9. The molecule has 0 atom stereocenters. The molecule has 0 heterocycles. The van der Waals surface area contributed by atoms with Crippen molar-refractivity contribution in [3.8, 4) is 0 Å². The molecule has 0 aliphatic heterocycles. The first-order chi connectivity index (χ1) is 6.73. The SMILES string of the molecule is CC(C)C.[2H]C.[B]C.[B]C.[B]C.[B]C. The zero-order chi connectivity index (χ0) is 13.6. The molecule has 0 aromatic heterocycles. The van der Waals surface area contributed by atoms with Crippen LogP contribution in [0.3, 0.4) is 0 Å². The summed E-state index contributed by atoms with van der Waals surface area (Å²) in [5.74, 6) is 0.833. The summed E-state index contributed by atoms with van der Waals surface area (Å²) in [4.78, 5) is 0. The minimum Gasteiger partial charge on any atom is -0.0999 e. The highest BCUT2D eigenvalue weighted by atomic mass is 13.7. The van der Waals surface area contributed by atoms with Gasteiger partial charge in [-0.15, -0.1) is 0 Å². The predicted octanol–water partition coefficient (Wildman–Crippen LogP) is 3.11. The second-order valence-electron chi connectivity index (χ2n) is 1.73. The Labute approximate surface area is 94.7 Å². The van der Waals surface area contributed by atoms with Crippen LogP contribution >= 0.6 is 0 Å². The third kappa shape index (κ3) is 19100. The van der Waals surface area contributed by atoms with Crippen molar-refractivity contribution in [1.82, 2.24) is 0 Å². The van der Waals surface area contributed by atoms with Gasteiger partial charge in [0, 0.05) is 1.37 Å². The lowest BCUT2D eigenvalue weighted by Gasteiger charge is -1.79. The van der Waals surface area contributed by atoms with E-state index in [9.17, 15) is 0 Å². The summed E-state index contributed by atoms with van der Waals surface area (Å²) < 4.78 is 5.75. The number of hydrogen-bond donors (Lipinski definition) is 0. The van der Waals surface area contributed by atoms with Gasteiger partial charge in [0.2, 0.25) is 0 Å². The zero-order valence-electron chi connectivity index (χ0n) is 11.9. The Balaban J connectivity index is -0.0000000143. The van der Waals surface area contributed by atoms with E-state index in [1.165, 1.54) is 34.7 Å². The molecule has 0 N–H and O–H groups in total. The van der Waals surface area contributed by atoms with Crippen LogP contribution in [0.5, 0.6) is 0 Å². The van der Waals surface area contributed by atoms with Crippen molar-refractivity contribution in [3.05, 3.63) is 0 Å². The van der Waals surface area contributed by atoms with E-state index in [1.807, 2.05) is 0 Å². The number of rotatable bonds is 0. The molecule has 0 bridgehead atoms. The molecule has 74 valence electrons. The van der Waals surface area contributed by atoms with Crippen LogP contribution in [0.15, 0.2) is 0 Å². The molecule has 8 radical (unpaired) electrons. The van der Waals surface area contributed by atoms with E-state index in [1.54, 1.807) is 0 Å². The average Bonchev–Trinajstić information content (AvgIpc) is 2.30. The van der Waals surface area contributed by atoms with Crippen molar-refractivity contribution < 1.29 is 1.37 Å². The van der Waals surface area contributed by atoms with Gasteiger partial charge < -0.3 is 0 Å². The maximum Gasteiger partial charge on any atom is 0.0606 e. The first kappa shape index (κ1) is 29.2. The Morgan fingerprint density at radius 2 is 0.692 bits per heavy atom. The molecule has 0 aliphatic rings. The lowest BCUT2D eigenvalue weighted by molar-refractivity contribution is 0.737. The topological polar surface area (TPSA) is 0 Å². The van der Waals surface area contributed by atoms with Gasteiger partial charge in [0.05, 0.1) is 31.4 Å². The van der Waals surface area contributed by atoms with Crippen LogP contribution in [-0.4, -0.2) is 31.4 Å². The summed E-state index contributed by atoms with van der Waals surface area (Å²) >= 11 is 0. The summed E-state index contributed by atoms with van der Waals surface area (Å²) in [7, 11) is 19.2. The van der Waals surface area contributed by atoms with Crippen LogP contribution in [-0.2, 0) is 0 Å². The molecule has 0 saturated carbocycles. The summed E-state index contributed by atoms with van der Waals surface area (Å²) in [6.45, 7) is 12.5. The molecule has 0 unspecified atom stereocenters. The Kier molecular flexibility index (Phi) is 329. The van der Waals surface area contributed by atoms with Gasteiger partial charge in [-0.25, -0.2) is 0 Å². The molecule has 0 rings (SSSR count). The highest BCUT2D eigenvalue weighted by Crippen LogP contribution is 1.81. The monoisotopic (exact) mass is 179 g/mol. The highest BCUT2D eigenvalue weighted by molar-refractivity contribution is 6.06. The van der Waals surface area contributed by atoms with Crippen molar-refractivity contribution in [2.75, 3.05) is 0 Å². The molecule has 0 nitrogen and oxygen atoms in total. The smallest absolute Gasteiger partial charge is 0.0606 e. The van der Waals surface area contributed by atoms with Gasteiger partial charge in [-0.3, -0.25) is 0 Å². The van der Waals surface area contributed by atoms with Crippen LogP contribution in [0, 0.1) is 5.92 Å². The van der Waals surface area contributed by atoms with E-state index >= 15 is 0 Å². The number of hydrogen-bond acceptors (Lipinski definition) is 0. The third-order valence-corrected chi connectivity index (χ3v) is 0. The minimum atomic E-state index is 0.833. The van der Waals surface area contributed by atoms with E-state index < -0.39 is 0 Å². The molecule has 4 heteroatoms. The van der Waals surface area contributed by atoms with E-state index in [4.69, 9.17) is 1.37 Å². The summed E-state index contributed by atoms with van der Waals surface area (Å²) in [5.41, 5.74) is 0. The standard InChI is InChI=1S/C4H10.4CH3B.CH4/c1-4(2)3;4*1-2;/h4H,1-3H3;4*1H3;1H4/i;;;;;1D. The molecule has 0 aliphatic carbocycles. The highest BCUT2D eigenvalue weighted by Gasteiger charge is 1.68. The first-order valence-corrected chi connectivity index (χ1v) is 4.04. The first-order valence-electron chi connectivity index (χ1n) is 5.04. The molecule has 0 fully saturated rings. The van der Waals surface area contributed by atoms with E-state index in [0.717, 1.165) is 5.92 Å². The lowest BCUT2D eigenvalue weighted by Crippen LogP contribution is -1.66. The van der Waals surface area contributed by atoms with Gasteiger partial charge in [0.15, 0.2) is 0 Å². The third-order valence-electron chi connectivity index (χ3n) is 0. The quantitative estimate of drug-likeness (QED) is 0.500. The Morgan fingerprint density at radius 3 is 0.692 bits per heavy atom. The van der Waals surface area contributed by atoms with E-state index in [0.29, 0.717) is 0 Å². The lowest BCUT2D eigenvalue weighted by atomic mass is 10.2. The van der Waals surface area contributed by atoms with Gasteiger partial charge in [-0.2, -0.15) is 0 Å². The fourth-order valence-corrected chi connectivity index (χ4v) is 0. The van der Waals surface area contributed by atoms with Crippen molar-refractivity contribution in [2.45, 2.75) is 55.5 Å². The second-order valence-corrected chi connectivity index (χ2v) is 1.73. The van der Waals surface area contributed by atoms with Crippen LogP contribution in [0.2, 0.25) is 27.3 Å². The van der Waals surface area contributed by atoms with Crippen molar-refractivity contribution in [1.29, 1.82) is 0 Å². The minimum absolute atomic E-state index is 0.833. The van der Waals surface area contributed by atoms with Crippen molar-refractivity contribution in [3.63, 3.8) is 0 Å². The van der Waals surface area contributed by atoms with Gasteiger partial charge in [-0.1, -0.05) is 55.5 Å². The van der Waals surface area contributed by atoms with Crippen molar-refractivity contribution in [2.24, 2.45) is 5.92 Å². The summed E-state index contributed by atoms with van der Waals surface area (Å²) in [5, 5.41) is 0. The fraction of sp³-hybridized carbons (Fsp3) is 1.00. The van der Waals surface area contributed by atoms with Gasteiger partial charge in [0.1, 0.15) is 0 Å². The molecular weight excluding hydrogens is 151 g/mol. The van der Waals surface area contributed by atoms with Crippen LogP contribution in [0.1, 0.15) is 29.5 Å². The van der Waals surface area contributed by atoms with E-state index in [2.05, 4.69) is 52.2 Å². The molecular formula is C9H26B4. The van der Waals surface area contributed by atoms with Crippen LogP contribution in [0.4, 0.5) is 0 Å². The fourth-order valence-electron chi connectivity index (χ4n) is 0. The van der Waals surface area contributed by atoms with E-state index in [-0.39, 0.29) is 0 Å². The molecule has 0 aromatic rings. The predicted molar refractivity (Wildman–Crippen MR) is 73.7 cm³/mol. The molecule has 13 heavy (non-hydrogen) atoms.